The van der Waals surface area contributed by atoms with Crippen molar-refractivity contribution in [3.05, 3.63) is 35.9 Å². The normalized spacial score (nSPS) is 12.5. The van der Waals surface area contributed by atoms with Crippen LogP contribution in [0.1, 0.15) is 5.56 Å². The third-order valence-electron chi connectivity index (χ3n) is 2.58. The zero-order valence-corrected chi connectivity index (χ0v) is 12.2. The van der Waals surface area contributed by atoms with Gasteiger partial charge in [-0.05, 0) is 6.26 Å². The maximum Gasteiger partial charge on any atom is 0.271 e. The van der Waals surface area contributed by atoms with Crippen LogP contribution in [-0.4, -0.2) is 43.0 Å². The van der Waals surface area contributed by atoms with Gasteiger partial charge in [0.2, 0.25) is 0 Å². The first kappa shape index (κ1) is 15.0. The molecule has 2 rings (SSSR count). The van der Waals surface area contributed by atoms with Crippen LogP contribution in [0.5, 0.6) is 0 Å². The molecule has 0 atom stereocenters. The first-order valence-corrected chi connectivity index (χ1v) is 7.13. The van der Waals surface area contributed by atoms with Crippen molar-refractivity contribution < 1.29 is 10.4 Å². The minimum atomic E-state index is -0.0537. The van der Waals surface area contributed by atoms with Crippen LogP contribution in [0, 0.1) is 0 Å². The predicted octanol–water partition coefficient (Wildman–Crippen LogP) is 1.42. The number of nitrogens with zero attached hydrogens (tertiary/aromatic N) is 5. The summed E-state index contributed by atoms with van der Waals surface area (Å²) in [5.41, 5.74) is 2.57. The molecule has 9 heteroatoms. The lowest BCUT2D eigenvalue weighted by Crippen LogP contribution is -2.29. The van der Waals surface area contributed by atoms with Crippen LogP contribution in [-0.2, 0) is 7.05 Å². The average Bonchev–Trinajstić information content (AvgIpc) is 2.87. The van der Waals surface area contributed by atoms with Gasteiger partial charge in [-0.25, -0.2) is 4.68 Å². The number of aryl methyl sites for hydroxylation is 1. The molecule has 3 N–H and O–H groups in total. The quantitative estimate of drug-likeness (QED) is 0.259. The molecule has 0 aliphatic rings. The fraction of sp³-hybridized carbons (Fsp3) is 0.167. The van der Waals surface area contributed by atoms with Crippen LogP contribution in [0.25, 0.3) is 0 Å². The molecule has 0 aliphatic carbocycles. The van der Waals surface area contributed by atoms with E-state index in [1.807, 2.05) is 17.8 Å². The lowest BCUT2D eigenvalue weighted by molar-refractivity contribution is 0.236. The molecule has 0 aliphatic heterocycles. The van der Waals surface area contributed by atoms with E-state index >= 15 is 0 Å². The Morgan fingerprint density at radius 1 is 1.33 bits per heavy atom. The van der Waals surface area contributed by atoms with Gasteiger partial charge in [0.05, 0.1) is 0 Å². The van der Waals surface area contributed by atoms with E-state index < -0.39 is 0 Å². The molecule has 8 nitrogen and oxygen atoms in total. The van der Waals surface area contributed by atoms with E-state index in [4.69, 9.17) is 0 Å². The molecular weight excluding hydrogens is 292 g/mol. The van der Waals surface area contributed by atoms with Crippen molar-refractivity contribution in [1.29, 1.82) is 0 Å². The highest BCUT2D eigenvalue weighted by molar-refractivity contribution is 7.98. The van der Waals surface area contributed by atoms with Gasteiger partial charge >= 0.3 is 0 Å². The third kappa shape index (κ3) is 3.38. The fourth-order valence-electron chi connectivity index (χ4n) is 1.65. The standard InChI is InChI=1S/C12H14N6O2S/c1-18-12(21-2)14-11(15-18)13-10(17-20)9(16-19)8-6-4-3-5-7-8/h3-7,19-20H,1-2H3,(H,13,15,17)/b16-9-. The van der Waals surface area contributed by atoms with Crippen molar-refractivity contribution in [2.75, 3.05) is 6.26 Å². The fourth-order valence-corrected chi connectivity index (χ4v) is 2.13. The molecule has 0 fully saturated rings. The van der Waals surface area contributed by atoms with Crippen LogP contribution in [0.2, 0.25) is 0 Å². The number of thioether (sulfide) groups is 1. The molecule has 0 spiro atoms. The maximum atomic E-state index is 9.24. The molecule has 0 saturated carbocycles. The summed E-state index contributed by atoms with van der Waals surface area (Å²) >= 11 is 1.42. The molecule has 1 aromatic heterocycles. The topological polar surface area (TPSA) is 108 Å². The number of amidine groups is 1. The Balaban J connectivity index is 2.39. The molecule has 2 aromatic rings. The lowest BCUT2D eigenvalue weighted by atomic mass is 10.1. The summed E-state index contributed by atoms with van der Waals surface area (Å²) in [6.07, 6.45) is 1.87. The second-order valence-corrected chi connectivity index (χ2v) is 4.68. The van der Waals surface area contributed by atoms with Crippen LogP contribution in [0.4, 0.5) is 5.95 Å². The average molecular weight is 306 g/mol. The Hall–Kier alpha value is -2.39. The largest absolute Gasteiger partial charge is 0.410 e. The zero-order valence-electron chi connectivity index (χ0n) is 11.4. The van der Waals surface area contributed by atoms with Crippen LogP contribution in [0.3, 0.4) is 0 Å². The second kappa shape index (κ2) is 6.86. The van der Waals surface area contributed by atoms with E-state index in [0.29, 0.717) is 10.7 Å². The van der Waals surface area contributed by atoms with Gasteiger partial charge in [0, 0.05) is 12.6 Å². The Bertz CT molecular complexity index is 668. The first-order valence-electron chi connectivity index (χ1n) is 5.91. The van der Waals surface area contributed by atoms with E-state index in [2.05, 4.69) is 20.2 Å². The Kier molecular flexibility index (Phi) is 4.90. The molecule has 110 valence electrons. The number of aromatic nitrogens is 3. The SMILES string of the molecule is CSc1nc(/N=C(NO)/C(=N\O)c2ccccc2)nn1C. The summed E-state index contributed by atoms with van der Waals surface area (Å²) in [4.78, 5) is 8.23. The Labute approximate surface area is 125 Å². The summed E-state index contributed by atoms with van der Waals surface area (Å²) in [6, 6.07) is 8.83. The summed E-state index contributed by atoms with van der Waals surface area (Å²) in [6.45, 7) is 0. The van der Waals surface area contributed by atoms with Gasteiger partial charge in [-0.2, -0.15) is 9.98 Å². The maximum absolute atomic E-state index is 9.24. The van der Waals surface area contributed by atoms with Crippen molar-refractivity contribution in [2.45, 2.75) is 5.16 Å². The zero-order chi connectivity index (χ0) is 15.2. The number of oxime groups is 1. The second-order valence-electron chi connectivity index (χ2n) is 3.91. The Morgan fingerprint density at radius 2 is 2.05 bits per heavy atom. The highest BCUT2D eigenvalue weighted by atomic mass is 32.2. The van der Waals surface area contributed by atoms with Crippen molar-refractivity contribution in [3.8, 4) is 0 Å². The summed E-state index contributed by atoms with van der Waals surface area (Å²) in [7, 11) is 1.74. The van der Waals surface area contributed by atoms with Gasteiger partial charge in [0.15, 0.2) is 16.7 Å². The molecular formula is C12H14N6O2S. The van der Waals surface area contributed by atoms with Gasteiger partial charge in [0.1, 0.15) is 0 Å². The lowest BCUT2D eigenvalue weighted by Gasteiger charge is -2.05. The van der Waals surface area contributed by atoms with Crippen LogP contribution in [0.15, 0.2) is 45.6 Å². The Morgan fingerprint density at radius 3 is 2.57 bits per heavy atom. The highest BCUT2D eigenvalue weighted by Gasteiger charge is 2.14. The molecule has 21 heavy (non-hydrogen) atoms. The number of hydroxylamine groups is 1. The molecule has 0 bridgehead atoms. The summed E-state index contributed by atoms with van der Waals surface area (Å²) in [5, 5.41) is 26.3. The van der Waals surface area contributed by atoms with Gasteiger partial charge in [-0.3, -0.25) is 10.7 Å². The van der Waals surface area contributed by atoms with E-state index in [9.17, 15) is 10.4 Å². The molecule has 0 radical (unpaired) electrons. The van der Waals surface area contributed by atoms with Gasteiger partial charge in [0.25, 0.3) is 5.95 Å². The molecule has 1 heterocycles. The smallest absolute Gasteiger partial charge is 0.271 e. The number of aliphatic imine (C=N–C) groups is 1. The van der Waals surface area contributed by atoms with Gasteiger partial charge in [-0.1, -0.05) is 47.2 Å². The van der Waals surface area contributed by atoms with Crippen molar-refractivity contribution in [1.82, 2.24) is 20.2 Å². The minimum Gasteiger partial charge on any atom is -0.410 e. The first-order chi connectivity index (χ1) is 10.2. The van der Waals surface area contributed by atoms with Gasteiger partial charge < -0.3 is 5.21 Å². The number of nitrogens with one attached hydrogen (secondary N) is 1. The molecule has 0 unspecified atom stereocenters. The summed E-state index contributed by atoms with van der Waals surface area (Å²) in [5.74, 6) is 0.0948. The van der Waals surface area contributed by atoms with Crippen molar-refractivity contribution in [2.24, 2.45) is 17.2 Å². The predicted molar refractivity (Wildman–Crippen MR) is 79.6 cm³/mol. The van der Waals surface area contributed by atoms with Gasteiger partial charge in [-0.15, -0.1) is 5.10 Å². The van der Waals surface area contributed by atoms with Crippen molar-refractivity contribution >= 4 is 29.3 Å². The molecule has 0 amide bonds. The van der Waals surface area contributed by atoms with E-state index in [-0.39, 0.29) is 17.5 Å². The van der Waals surface area contributed by atoms with Crippen molar-refractivity contribution in [3.63, 3.8) is 0 Å². The number of benzene rings is 1. The van der Waals surface area contributed by atoms with E-state index in [0.717, 1.165) is 0 Å². The number of hydrogen-bond acceptors (Lipinski definition) is 7. The third-order valence-corrected chi connectivity index (χ3v) is 3.30. The molecule has 0 saturated heterocycles. The monoisotopic (exact) mass is 306 g/mol. The van der Waals surface area contributed by atoms with E-state index in [1.54, 1.807) is 36.0 Å². The number of rotatable bonds is 4. The van der Waals surface area contributed by atoms with Crippen LogP contribution >= 0.6 is 11.8 Å². The number of hydrogen-bond donors (Lipinski definition) is 3. The highest BCUT2D eigenvalue weighted by Crippen LogP contribution is 2.15. The van der Waals surface area contributed by atoms with E-state index in [1.165, 1.54) is 11.8 Å². The minimum absolute atomic E-state index is 0.0537. The molecule has 1 aromatic carbocycles. The van der Waals surface area contributed by atoms with Crippen LogP contribution < -0.4 is 5.48 Å². The summed E-state index contributed by atoms with van der Waals surface area (Å²) < 4.78 is 1.57.